The van der Waals surface area contributed by atoms with Gasteiger partial charge < -0.3 is 10.8 Å². The van der Waals surface area contributed by atoms with Crippen LogP contribution in [-0.4, -0.2) is 11.1 Å². The van der Waals surface area contributed by atoms with E-state index in [1.54, 1.807) is 12.1 Å². The van der Waals surface area contributed by atoms with Gasteiger partial charge in [-0.05, 0) is 46.3 Å². The second-order valence-electron chi connectivity index (χ2n) is 3.59. The van der Waals surface area contributed by atoms with Gasteiger partial charge in [-0.1, -0.05) is 23.9 Å². The molecule has 92 valence electrons. The number of benzene rings is 2. The third-order valence-corrected chi connectivity index (χ3v) is 4.43. The quantitative estimate of drug-likeness (QED) is 0.841. The van der Waals surface area contributed by atoms with Crippen molar-refractivity contribution in [3.05, 3.63) is 52.5 Å². The third kappa shape index (κ3) is 2.86. The van der Waals surface area contributed by atoms with E-state index in [0.717, 1.165) is 14.3 Å². The summed E-state index contributed by atoms with van der Waals surface area (Å²) in [6.07, 6.45) is 0. The van der Waals surface area contributed by atoms with Crippen LogP contribution < -0.4 is 5.73 Å². The maximum atomic E-state index is 10.8. The van der Waals surface area contributed by atoms with E-state index >= 15 is 0 Å². The van der Waals surface area contributed by atoms with Crippen LogP contribution in [0.5, 0.6) is 0 Å². The lowest BCUT2D eigenvalue weighted by Crippen LogP contribution is -1.98. The number of anilines is 1. The van der Waals surface area contributed by atoms with Crippen molar-refractivity contribution in [2.45, 2.75) is 9.79 Å². The van der Waals surface area contributed by atoms with Crippen molar-refractivity contribution in [1.82, 2.24) is 0 Å². The molecule has 0 bridgehead atoms. The van der Waals surface area contributed by atoms with Crippen molar-refractivity contribution in [1.29, 1.82) is 0 Å². The summed E-state index contributed by atoms with van der Waals surface area (Å²) < 4.78 is 0.983. The minimum atomic E-state index is -0.973. The first-order valence-corrected chi connectivity index (χ1v) is 6.74. The van der Waals surface area contributed by atoms with Gasteiger partial charge in [-0.25, -0.2) is 4.79 Å². The average Bonchev–Trinajstić information content (AvgIpc) is 2.34. The zero-order valence-electron chi connectivity index (χ0n) is 9.26. The van der Waals surface area contributed by atoms with Crippen LogP contribution in [0.3, 0.4) is 0 Å². The Morgan fingerprint density at radius 3 is 2.50 bits per heavy atom. The molecule has 5 heteroatoms. The zero-order chi connectivity index (χ0) is 13.1. The molecule has 3 N–H and O–H groups in total. The monoisotopic (exact) mass is 323 g/mol. The van der Waals surface area contributed by atoms with Crippen LogP contribution in [-0.2, 0) is 0 Å². The highest BCUT2D eigenvalue weighted by Gasteiger charge is 2.08. The van der Waals surface area contributed by atoms with Gasteiger partial charge in [0, 0.05) is 20.0 Å². The summed E-state index contributed by atoms with van der Waals surface area (Å²) in [5.41, 5.74) is 6.52. The molecule has 0 aromatic heterocycles. The van der Waals surface area contributed by atoms with Crippen LogP contribution in [0.4, 0.5) is 5.69 Å². The topological polar surface area (TPSA) is 63.3 Å². The summed E-state index contributed by atoms with van der Waals surface area (Å²) in [5.74, 6) is -0.973. The van der Waals surface area contributed by atoms with Gasteiger partial charge in [-0.15, -0.1) is 0 Å². The number of hydrogen-bond donors (Lipinski definition) is 2. The van der Waals surface area contributed by atoms with Gasteiger partial charge in [-0.2, -0.15) is 0 Å². The number of carboxylic acid groups (broad SMARTS) is 1. The molecule has 2 aromatic carbocycles. The van der Waals surface area contributed by atoms with E-state index in [1.807, 2.05) is 24.3 Å². The molecule has 2 aromatic rings. The fourth-order valence-electron chi connectivity index (χ4n) is 1.42. The minimum absolute atomic E-state index is 0.198. The second kappa shape index (κ2) is 5.46. The lowest BCUT2D eigenvalue weighted by molar-refractivity contribution is 0.0697. The zero-order valence-corrected chi connectivity index (χ0v) is 11.7. The van der Waals surface area contributed by atoms with Gasteiger partial charge in [0.15, 0.2) is 0 Å². The van der Waals surface area contributed by atoms with Crippen molar-refractivity contribution in [3.8, 4) is 0 Å². The molecule has 3 nitrogen and oxygen atoms in total. The van der Waals surface area contributed by atoms with Crippen LogP contribution in [0.2, 0.25) is 0 Å². The first-order chi connectivity index (χ1) is 8.58. The molecule has 0 aliphatic carbocycles. The third-order valence-electron chi connectivity index (χ3n) is 2.31. The molecule has 0 aliphatic rings. The fourth-order valence-corrected chi connectivity index (χ4v) is 2.81. The van der Waals surface area contributed by atoms with Crippen molar-refractivity contribution >= 4 is 39.3 Å². The summed E-state index contributed by atoms with van der Waals surface area (Å²) in [7, 11) is 0. The molecule has 0 unspecified atom stereocenters. The SMILES string of the molecule is Nc1cc(C(=O)O)ccc1Sc1ccccc1Br. The molecule has 0 fully saturated rings. The van der Waals surface area contributed by atoms with E-state index in [2.05, 4.69) is 15.9 Å². The number of hydrogen-bond acceptors (Lipinski definition) is 3. The number of nitrogens with two attached hydrogens (primary N) is 1. The predicted molar refractivity (Wildman–Crippen MR) is 76.1 cm³/mol. The van der Waals surface area contributed by atoms with Gasteiger partial charge in [0.1, 0.15) is 0 Å². The maximum absolute atomic E-state index is 10.8. The normalized spacial score (nSPS) is 10.3. The highest BCUT2D eigenvalue weighted by Crippen LogP contribution is 2.36. The molecule has 18 heavy (non-hydrogen) atoms. The molecule has 0 radical (unpaired) electrons. The minimum Gasteiger partial charge on any atom is -0.478 e. The van der Waals surface area contributed by atoms with E-state index < -0.39 is 5.97 Å². The lowest BCUT2D eigenvalue weighted by atomic mass is 10.2. The molecule has 0 saturated carbocycles. The largest absolute Gasteiger partial charge is 0.478 e. The first kappa shape index (κ1) is 13.0. The number of carbonyl (C=O) groups is 1. The summed E-state index contributed by atoms with van der Waals surface area (Å²) in [5, 5.41) is 8.86. The molecule has 0 saturated heterocycles. The average molecular weight is 324 g/mol. The summed E-state index contributed by atoms with van der Waals surface area (Å²) >= 11 is 4.96. The summed E-state index contributed by atoms with van der Waals surface area (Å²) in [6, 6.07) is 12.5. The van der Waals surface area contributed by atoms with Crippen LogP contribution in [0.15, 0.2) is 56.7 Å². The smallest absolute Gasteiger partial charge is 0.335 e. The molecule has 0 amide bonds. The Bertz CT molecular complexity index is 601. The van der Waals surface area contributed by atoms with E-state index in [4.69, 9.17) is 10.8 Å². The van der Waals surface area contributed by atoms with Crippen LogP contribution in [0.1, 0.15) is 10.4 Å². The van der Waals surface area contributed by atoms with Crippen LogP contribution in [0, 0.1) is 0 Å². The van der Waals surface area contributed by atoms with E-state index in [1.165, 1.54) is 17.8 Å². The number of aromatic carboxylic acids is 1. The summed E-state index contributed by atoms with van der Waals surface area (Å²) in [4.78, 5) is 12.7. The molecule has 0 atom stereocenters. The van der Waals surface area contributed by atoms with Crippen molar-refractivity contribution < 1.29 is 9.90 Å². The Morgan fingerprint density at radius 2 is 1.89 bits per heavy atom. The molecule has 0 heterocycles. The second-order valence-corrected chi connectivity index (χ2v) is 5.53. The number of halogens is 1. The predicted octanol–water partition coefficient (Wildman–Crippen LogP) is 3.88. The Morgan fingerprint density at radius 1 is 1.17 bits per heavy atom. The Hall–Kier alpha value is -1.46. The van der Waals surface area contributed by atoms with Crippen molar-refractivity contribution in [2.75, 3.05) is 5.73 Å². The Balaban J connectivity index is 2.30. The number of rotatable bonds is 3. The van der Waals surface area contributed by atoms with Gasteiger partial charge in [0.25, 0.3) is 0 Å². The molecule has 0 spiro atoms. The standard InChI is InChI=1S/C13H10BrNO2S/c14-9-3-1-2-4-11(9)18-12-6-5-8(13(16)17)7-10(12)15/h1-7H,15H2,(H,16,17). The Kier molecular flexibility index (Phi) is 3.93. The van der Waals surface area contributed by atoms with Gasteiger partial charge in [0.05, 0.1) is 5.56 Å². The Labute approximate surface area is 117 Å². The molecule has 2 rings (SSSR count). The number of nitrogen functional groups attached to an aromatic ring is 1. The number of carboxylic acids is 1. The van der Waals surface area contributed by atoms with E-state index in [-0.39, 0.29) is 5.56 Å². The highest BCUT2D eigenvalue weighted by molar-refractivity contribution is 9.10. The maximum Gasteiger partial charge on any atom is 0.335 e. The van der Waals surface area contributed by atoms with Gasteiger partial charge >= 0.3 is 5.97 Å². The summed E-state index contributed by atoms with van der Waals surface area (Å²) in [6.45, 7) is 0. The van der Waals surface area contributed by atoms with Crippen molar-refractivity contribution in [3.63, 3.8) is 0 Å². The molecular formula is C13H10BrNO2S. The first-order valence-electron chi connectivity index (χ1n) is 5.13. The lowest BCUT2D eigenvalue weighted by Gasteiger charge is -2.07. The van der Waals surface area contributed by atoms with Gasteiger partial charge in [0.2, 0.25) is 0 Å². The van der Waals surface area contributed by atoms with Crippen LogP contribution >= 0.6 is 27.7 Å². The molecular weight excluding hydrogens is 314 g/mol. The van der Waals surface area contributed by atoms with Gasteiger partial charge in [-0.3, -0.25) is 0 Å². The van der Waals surface area contributed by atoms with E-state index in [9.17, 15) is 4.79 Å². The molecule has 0 aliphatic heterocycles. The fraction of sp³-hybridized carbons (Fsp3) is 0. The van der Waals surface area contributed by atoms with Crippen LogP contribution in [0.25, 0.3) is 0 Å². The van der Waals surface area contributed by atoms with Crippen molar-refractivity contribution in [2.24, 2.45) is 0 Å². The highest BCUT2D eigenvalue weighted by atomic mass is 79.9. The van der Waals surface area contributed by atoms with E-state index in [0.29, 0.717) is 5.69 Å².